The van der Waals surface area contributed by atoms with Crippen molar-refractivity contribution in [1.82, 2.24) is 0 Å². The van der Waals surface area contributed by atoms with E-state index in [1.54, 1.807) is 18.2 Å². The molecule has 1 heterocycles. The molecule has 0 aliphatic rings. The molecular formula is C42H26O. The minimum Gasteiger partial charge on any atom is -0.456 e. The molecular weight excluding hydrogens is 520 g/mol. The summed E-state index contributed by atoms with van der Waals surface area (Å²) in [4.78, 5) is 0. The summed E-state index contributed by atoms with van der Waals surface area (Å²) >= 11 is 0. The normalized spacial score (nSPS) is 15.6. The number of furan rings is 1. The van der Waals surface area contributed by atoms with Gasteiger partial charge in [0.25, 0.3) is 0 Å². The van der Waals surface area contributed by atoms with Crippen molar-refractivity contribution < 1.29 is 20.9 Å². The van der Waals surface area contributed by atoms with E-state index in [0.717, 1.165) is 27.3 Å². The molecule has 0 aliphatic carbocycles. The van der Waals surface area contributed by atoms with Crippen molar-refractivity contribution in [2.24, 2.45) is 0 Å². The molecule has 0 atom stereocenters. The molecule has 0 N–H and O–H groups in total. The molecule has 0 bridgehead atoms. The van der Waals surface area contributed by atoms with Crippen molar-refractivity contribution in [3.8, 4) is 33.4 Å². The van der Waals surface area contributed by atoms with E-state index >= 15 is 0 Å². The quantitative estimate of drug-likeness (QED) is 0.197. The Bertz CT molecular complexity index is 3100. The van der Waals surface area contributed by atoms with Gasteiger partial charge in [-0.1, -0.05) is 133 Å². The molecule has 0 aliphatic heterocycles. The van der Waals surface area contributed by atoms with Gasteiger partial charge in [-0.15, -0.1) is 0 Å². The van der Waals surface area contributed by atoms with Crippen LogP contribution in [-0.2, 0) is 0 Å². The molecule has 0 saturated carbocycles. The zero-order chi connectivity index (χ0) is 38.8. The van der Waals surface area contributed by atoms with Crippen molar-refractivity contribution in [2.45, 2.75) is 0 Å². The van der Waals surface area contributed by atoms with Gasteiger partial charge in [-0.25, -0.2) is 0 Å². The van der Waals surface area contributed by atoms with Gasteiger partial charge in [0, 0.05) is 10.8 Å². The Kier molecular flexibility index (Phi) is 3.29. The Balaban J connectivity index is 1.40. The topological polar surface area (TPSA) is 13.1 Å². The maximum absolute atomic E-state index is 9.40. The second kappa shape index (κ2) is 9.44. The second-order valence-corrected chi connectivity index (χ2v) is 10.3. The maximum atomic E-state index is 9.40. The highest BCUT2D eigenvalue weighted by atomic mass is 16.3. The minimum atomic E-state index is -0.529. The highest BCUT2D eigenvalue weighted by Crippen LogP contribution is 2.47. The third-order valence-electron chi connectivity index (χ3n) is 7.98. The smallest absolute Gasteiger partial charge is 0.136 e. The molecule has 0 radical (unpaired) electrons. The van der Waals surface area contributed by atoms with Gasteiger partial charge in [0.1, 0.15) is 11.2 Å². The van der Waals surface area contributed by atoms with E-state index in [4.69, 9.17) is 18.1 Å². The van der Waals surface area contributed by atoms with Crippen LogP contribution in [0.15, 0.2) is 162 Å². The lowest BCUT2D eigenvalue weighted by molar-refractivity contribution is 0.669. The van der Waals surface area contributed by atoms with E-state index in [-0.39, 0.29) is 46.1 Å². The fourth-order valence-electron chi connectivity index (χ4n) is 6.18. The van der Waals surface area contributed by atoms with Gasteiger partial charge in [-0.05, 0) is 89.9 Å². The third kappa shape index (κ3) is 3.72. The van der Waals surface area contributed by atoms with Crippen molar-refractivity contribution >= 4 is 54.3 Å². The van der Waals surface area contributed by atoms with Crippen molar-refractivity contribution in [3.05, 3.63) is 157 Å². The van der Waals surface area contributed by atoms with Gasteiger partial charge in [-0.3, -0.25) is 0 Å². The Morgan fingerprint density at radius 1 is 0.442 bits per heavy atom. The fourth-order valence-corrected chi connectivity index (χ4v) is 6.18. The van der Waals surface area contributed by atoms with Crippen molar-refractivity contribution in [1.29, 1.82) is 0 Å². The number of hydrogen-bond donors (Lipinski definition) is 0. The van der Waals surface area contributed by atoms with Crippen LogP contribution in [0.5, 0.6) is 0 Å². The molecule has 1 nitrogen and oxygen atoms in total. The summed E-state index contributed by atoms with van der Waals surface area (Å²) in [6.45, 7) is 0. The number of benzene rings is 8. The van der Waals surface area contributed by atoms with Crippen LogP contribution in [0, 0.1) is 0 Å². The first-order valence-corrected chi connectivity index (χ1v) is 13.8. The first-order valence-electron chi connectivity index (χ1n) is 19.8. The van der Waals surface area contributed by atoms with E-state index < -0.39 is 48.3 Å². The summed E-state index contributed by atoms with van der Waals surface area (Å²) < 4.78 is 109. The zero-order valence-corrected chi connectivity index (χ0v) is 22.5. The first kappa shape index (κ1) is 15.0. The van der Waals surface area contributed by atoms with Gasteiger partial charge in [-0.2, -0.15) is 0 Å². The fraction of sp³-hybridized carbons (Fsp3) is 0. The number of fused-ring (bicyclic) bond motifs is 6. The van der Waals surface area contributed by atoms with E-state index in [1.807, 2.05) is 66.7 Å². The average Bonchev–Trinajstić information content (AvgIpc) is 3.57. The van der Waals surface area contributed by atoms with Gasteiger partial charge < -0.3 is 4.42 Å². The lowest BCUT2D eigenvalue weighted by Crippen LogP contribution is -1.91. The van der Waals surface area contributed by atoms with E-state index in [0.29, 0.717) is 38.5 Å². The second-order valence-electron chi connectivity index (χ2n) is 10.3. The molecule has 0 spiro atoms. The minimum absolute atomic E-state index is 0.0754. The molecule has 43 heavy (non-hydrogen) atoms. The lowest BCUT2D eigenvalue weighted by Gasteiger charge is -2.18. The molecule has 0 saturated heterocycles. The van der Waals surface area contributed by atoms with Gasteiger partial charge >= 0.3 is 0 Å². The molecule has 0 fully saturated rings. The summed E-state index contributed by atoms with van der Waals surface area (Å²) in [7, 11) is 0. The summed E-state index contributed by atoms with van der Waals surface area (Å²) in [6, 6.07) is 21.0. The average molecular weight is 559 g/mol. The van der Waals surface area contributed by atoms with E-state index in [9.17, 15) is 2.74 Å². The summed E-state index contributed by atoms with van der Waals surface area (Å²) in [5, 5.41) is 3.91. The molecule has 8 aromatic carbocycles. The van der Waals surface area contributed by atoms with Crippen LogP contribution < -0.4 is 0 Å². The summed E-state index contributed by atoms with van der Waals surface area (Å²) in [5.74, 6) is 0. The largest absolute Gasteiger partial charge is 0.456 e. The first-order chi connectivity index (χ1) is 26.3. The van der Waals surface area contributed by atoms with Crippen LogP contribution in [0.3, 0.4) is 0 Å². The number of rotatable bonds is 3. The Morgan fingerprint density at radius 3 is 1.86 bits per heavy atom. The monoisotopic (exact) mass is 558 g/mol. The van der Waals surface area contributed by atoms with Crippen LogP contribution in [0.1, 0.15) is 16.4 Å². The highest BCUT2D eigenvalue weighted by Gasteiger charge is 2.20. The van der Waals surface area contributed by atoms with Crippen molar-refractivity contribution in [2.75, 3.05) is 0 Å². The Hall–Kier alpha value is -5.66. The van der Waals surface area contributed by atoms with Crippen molar-refractivity contribution in [3.63, 3.8) is 0 Å². The van der Waals surface area contributed by atoms with Crippen LogP contribution in [0.2, 0.25) is 0 Å². The molecule has 0 amide bonds. The SMILES string of the molecule is [2H]c1c([2H])c([2H])c(-c2ccc3oc4cccc(-c5c6ccccc6c(-c6c([2H])c([2H])c7c([2H])c([2H])c([2H])c([2H])c7c6[2H])c6ccccc56)c4c3c2)c([2H])c1[2H]. The standard InChI is InChI=1S/C42H26O/c1-2-11-27(12-3-1)30-23-24-38-37(26-30)42-36(19-10-20-39(42)43-38)41-34-17-8-6-15-32(34)40(33-16-7-9-18-35(33)41)31-22-21-28-13-4-5-14-29(28)25-31/h1-26H/i1D,2D,3D,4D,5D,11D,12D,13D,14D,21D,22D,25D. The Morgan fingerprint density at radius 2 is 1.12 bits per heavy atom. The van der Waals surface area contributed by atoms with Gasteiger partial charge in [0.05, 0.1) is 16.4 Å². The lowest BCUT2D eigenvalue weighted by atomic mass is 9.84. The maximum Gasteiger partial charge on any atom is 0.136 e. The van der Waals surface area contributed by atoms with Gasteiger partial charge in [0.15, 0.2) is 0 Å². The van der Waals surface area contributed by atoms with Crippen LogP contribution in [-0.4, -0.2) is 0 Å². The molecule has 200 valence electrons. The summed E-state index contributed by atoms with van der Waals surface area (Å²) in [6.07, 6.45) is 0. The molecule has 1 aromatic heterocycles. The molecule has 0 unspecified atom stereocenters. The predicted molar refractivity (Wildman–Crippen MR) is 183 cm³/mol. The Labute approximate surface area is 266 Å². The van der Waals surface area contributed by atoms with E-state index in [1.165, 1.54) is 0 Å². The van der Waals surface area contributed by atoms with Gasteiger partial charge in [0.2, 0.25) is 0 Å². The number of hydrogen-bond acceptors (Lipinski definition) is 1. The molecule has 1 heteroatoms. The third-order valence-corrected chi connectivity index (χ3v) is 7.98. The highest BCUT2D eigenvalue weighted by molar-refractivity contribution is 6.26. The summed E-state index contributed by atoms with van der Waals surface area (Å²) in [5.41, 5.74) is 3.75. The zero-order valence-electron chi connectivity index (χ0n) is 34.5. The van der Waals surface area contributed by atoms with Crippen LogP contribution in [0.25, 0.3) is 87.6 Å². The van der Waals surface area contributed by atoms with Crippen LogP contribution >= 0.6 is 0 Å². The predicted octanol–water partition coefficient (Wildman–Crippen LogP) is 12.0. The molecule has 9 rings (SSSR count). The van der Waals surface area contributed by atoms with Crippen LogP contribution in [0.4, 0.5) is 0 Å². The van der Waals surface area contributed by atoms with E-state index in [2.05, 4.69) is 0 Å². The molecule has 9 aromatic rings.